The second-order valence-electron chi connectivity index (χ2n) is 3.44. The first-order valence-corrected chi connectivity index (χ1v) is 4.66. The second-order valence-corrected chi connectivity index (χ2v) is 3.44. The number of halogens is 4. The summed E-state index contributed by atoms with van der Waals surface area (Å²) in [7, 11) is 0. The SMILES string of the molecule is Cl.N[C@H](c1ccnc2ccccc12)C(F)(F)F. The van der Waals surface area contributed by atoms with Crippen LogP contribution in [0, 0.1) is 0 Å². The lowest BCUT2D eigenvalue weighted by molar-refractivity contribution is -0.148. The summed E-state index contributed by atoms with van der Waals surface area (Å²) in [5.41, 5.74) is 5.75. The van der Waals surface area contributed by atoms with E-state index in [1.165, 1.54) is 12.3 Å². The van der Waals surface area contributed by atoms with Crippen LogP contribution in [0.1, 0.15) is 11.6 Å². The van der Waals surface area contributed by atoms with Crippen LogP contribution in [0.2, 0.25) is 0 Å². The van der Waals surface area contributed by atoms with E-state index in [1.54, 1.807) is 24.3 Å². The lowest BCUT2D eigenvalue weighted by Gasteiger charge is -2.17. The first-order chi connectivity index (χ1) is 7.50. The fourth-order valence-electron chi connectivity index (χ4n) is 1.57. The Bertz CT molecular complexity index is 508. The largest absolute Gasteiger partial charge is 0.407 e. The third-order valence-electron chi connectivity index (χ3n) is 2.37. The highest BCUT2D eigenvalue weighted by molar-refractivity contribution is 5.85. The molecule has 1 aromatic heterocycles. The maximum atomic E-state index is 12.5. The van der Waals surface area contributed by atoms with Crippen LogP contribution in [0.3, 0.4) is 0 Å². The van der Waals surface area contributed by atoms with Crippen molar-refractivity contribution >= 4 is 23.3 Å². The molecular weight excluding hydrogens is 253 g/mol. The molecule has 1 aromatic carbocycles. The van der Waals surface area contributed by atoms with Gasteiger partial charge in [-0.05, 0) is 17.7 Å². The number of alkyl halides is 3. The van der Waals surface area contributed by atoms with E-state index in [0.29, 0.717) is 10.9 Å². The third-order valence-corrected chi connectivity index (χ3v) is 2.37. The van der Waals surface area contributed by atoms with Crippen molar-refractivity contribution in [2.45, 2.75) is 12.2 Å². The zero-order valence-electron chi connectivity index (χ0n) is 8.61. The number of pyridine rings is 1. The summed E-state index contributed by atoms with van der Waals surface area (Å²) in [4.78, 5) is 3.98. The summed E-state index contributed by atoms with van der Waals surface area (Å²) in [6.45, 7) is 0. The molecule has 0 saturated heterocycles. The minimum absolute atomic E-state index is 0. The molecule has 2 nitrogen and oxygen atoms in total. The Hall–Kier alpha value is -1.33. The van der Waals surface area contributed by atoms with Crippen molar-refractivity contribution in [1.29, 1.82) is 0 Å². The van der Waals surface area contributed by atoms with Crippen molar-refractivity contribution in [2.24, 2.45) is 5.73 Å². The summed E-state index contributed by atoms with van der Waals surface area (Å²) in [6.07, 6.45) is -3.10. The molecule has 0 bridgehead atoms. The summed E-state index contributed by atoms with van der Waals surface area (Å²) in [6, 6.07) is 5.96. The van der Waals surface area contributed by atoms with Gasteiger partial charge in [0, 0.05) is 11.6 Å². The summed E-state index contributed by atoms with van der Waals surface area (Å²) >= 11 is 0. The predicted octanol–water partition coefficient (Wildman–Crippen LogP) is 3.22. The summed E-state index contributed by atoms with van der Waals surface area (Å²) in [5.74, 6) is 0. The molecule has 0 aliphatic heterocycles. The van der Waals surface area contributed by atoms with Crippen LogP contribution in [0.25, 0.3) is 10.9 Å². The molecule has 0 aliphatic rings. The van der Waals surface area contributed by atoms with Gasteiger partial charge in [0.15, 0.2) is 0 Å². The van der Waals surface area contributed by atoms with E-state index in [9.17, 15) is 13.2 Å². The summed E-state index contributed by atoms with van der Waals surface area (Å²) in [5, 5.41) is 0.440. The minimum Gasteiger partial charge on any atom is -0.316 e. The van der Waals surface area contributed by atoms with Gasteiger partial charge in [-0.3, -0.25) is 4.98 Å². The average Bonchev–Trinajstić information content (AvgIpc) is 2.26. The number of para-hydroxylation sites is 1. The van der Waals surface area contributed by atoms with Crippen LogP contribution in [0.15, 0.2) is 36.5 Å². The van der Waals surface area contributed by atoms with Crippen molar-refractivity contribution in [3.8, 4) is 0 Å². The van der Waals surface area contributed by atoms with Crippen LogP contribution in [0.4, 0.5) is 13.2 Å². The molecule has 1 heterocycles. The van der Waals surface area contributed by atoms with Crippen LogP contribution < -0.4 is 5.73 Å². The van der Waals surface area contributed by atoms with E-state index < -0.39 is 12.2 Å². The number of hydrogen-bond acceptors (Lipinski definition) is 2. The fraction of sp³-hybridized carbons (Fsp3) is 0.182. The van der Waals surface area contributed by atoms with Crippen LogP contribution >= 0.6 is 12.4 Å². The normalized spacial score (nSPS) is 13.2. The first kappa shape index (κ1) is 13.7. The van der Waals surface area contributed by atoms with Gasteiger partial charge >= 0.3 is 6.18 Å². The Labute approximate surface area is 102 Å². The highest BCUT2D eigenvalue weighted by Crippen LogP contribution is 2.33. The molecule has 2 aromatic rings. The molecule has 0 unspecified atom stereocenters. The fourth-order valence-corrected chi connectivity index (χ4v) is 1.57. The average molecular weight is 263 g/mol. The van der Waals surface area contributed by atoms with E-state index >= 15 is 0 Å². The van der Waals surface area contributed by atoms with Gasteiger partial charge in [-0.15, -0.1) is 12.4 Å². The van der Waals surface area contributed by atoms with Crippen molar-refractivity contribution in [3.63, 3.8) is 0 Å². The number of aromatic nitrogens is 1. The first-order valence-electron chi connectivity index (χ1n) is 4.66. The predicted molar refractivity (Wildman–Crippen MR) is 62.0 cm³/mol. The molecule has 0 amide bonds. The molecule has 2 N–H and O–H groups in total. The van der Waals surface area contributed by atoms with Gasteiger partial charge in [0.2, 0.25) is 0 Å². The molecule has 92 valence electrons. The maximum absolute atomic E-state index is 12.5. The molecule has 0 radical (unpaired) electrons. The Morgan fingerprint density at radius 2 is 1.76 bits per heavy atom. The van der Waals surface area contributed by atoms with Crippen LogP contribution in [-0.4, -0.2) is 11.2 Å². The lowest BCUT2D eigenvalue weighted by atomic mass is 10.0. The van der Waals surface area contributed by atoms with Gasteiger partial charge in [-0.2, -0.15) is 13.2 Å². The molecule has 17 heavy (non-hydrogen) atoms. The Morgan fingerprint density at radius 1 is 1.12 bits per heavy atom. The van der Waals surface area contributed by atoms with Gasteiger partial charge < -0.3 is 5.73 Å². The van der Waals surface area contributed by atoms with Gasteiger partial charge in [-0.25, -0.2) is 0 Å². The monoisotopic (exact) mass is 262 g/mol. The second kappa shape index (κ2) is 4.89. The van der Waals surface area contributed by atoms with Gasteiger partial charge in [-0.1, -0.05) is 18.2 Å². The van der Waals surface area contributed by atoms with Gasteiger partial charge in [0.1, 0.15) is 6.04 Å². The molecule has 0 fully saturated rings. The highest BCUT2D eigenvalue weighted by Gasteiger charge is 2.38. The summed E-state index contributed by atoms with van der Waals surface area (Å²) < 4.78 is 37.6. The molecule has 2 rings (SSSR count). The van der Waals surface area contributed by atoms with Gasteiger partial charge in [0.25, 0.3) is 0 Å². The molecule has 0 saturated carbocycles. The molecule has 0 spiro atoms. The van der Waals surface area contributed by atoms with Gasteiger partial charge in [0.05, 0.1) is 5.52 Å². The standard InChI is InChI=1S/C11H9F3N2.ClH/c12-11(13,14)10(15)8-5-6-16-9-4-2-1-3-7(8)9;/h1-6,10H,15H2;1H/t10-;/m1./s1. The topological polar surface area (TPSA) is 38.9 Å². The van der Waals surface area contributed by atoms with Crippen LogP contribution in [-0.2, 0) is 0 Å². The Kier molecular flexibility index (Phi) is 3.95. The number of nitrogens with two attached hydrogens (primary N) is 1. The van der Waals surface area contributed by atoms with E-state index in [2.05, 4.69) is 4.98 Å². The quantitative estimate of drug-likeness (QED) is 0.857. The van der Waals surface area contributed by atoms with E-state index in [1.807, 2.05) is 0 Å². The highest BCUT2D eigenvalue weighted by atomic mass is 35.5. The van der Waals surface area contributed by atoms with E-state index in [4.69, 9.17) is 5.73 Å². The minimum atomic E-state index is -4.44. The molecule has 6 heteroatoms. The lowest BCUT2D eigenvalue weighted by Crippen LogP contribution is -2.28. The van der Waals surface area contributed by atoms with E-state index in [-0.39, 0.29) is 18.0 Å². The van der Waals surface area contributed by atoms with Crippen molar-refractivity contribution in [2.75, 3.05) is 0 Å². The Balaban J connectivity index is 0.00000144. The number of hydrogen-bond donors (Lipinski definition) is 1. The molecule has 1 atom stereocenters. The molecular formula is C11H10ClF3N2. The van der Waals surface area contributed by atoms with Crippen molar-refractivity contribution in [3.05, 3.63) is 42.1 Å². The zero-order valence-corrected chi connectivity index (χ0v) is 9.42. The molecule has 0 aliphatic carbocycles. The third kappa shape index (κ3) is 2.68. The van der Waals surface area contributed by atoms with E-state index in [0.717, 1.165) is 0 Å². The smallest absolute Gasteiger partial charge is 0.316 e. The number of fused-ring (bicyclic) bond motifs is 1. The number of nitrogens with zero attached hydrogens (tertiary/aromatic N) is 1. The maximum Gasteiger partial charge on any atom is 0.407 e. The zero-order chi connectivity index (χ0) is 11.8. The number of rotatable bonds is 1. The Morgan fingerprint density at radius 3 is 2.41 bits per heavy atom. The van der Waals surface area contributed by atoms with Crippen molar-refractivity contribution in [1.82, 2.24) is 4.98 Å². The number of benzene rings is 1. The van der Waals surface area contributed by atoms with Crippen LogP contribution in [0.5, 0.6) is 0 Å². The van der Waals surface area contributed by atoms with Crippen molar-refractivity contribution < 1.29 is 13.2 Å².